The number of rotatable bonds is 5. The zero-order valence-electron chi connectivity index (χ0n) is 10.3. The lowest BCUT2D eigenvalue weighted by Gasteiger charge is -2.14. The number of carboxylic acids is 1. The fraction of sp³-hybridized carbons (Fsp3) is 0.385. The highest BCUT2D eigenvalue weighted by Gasteiger charge is 2.19. The van der Waals surface area contributed by atoms with Gasteiger partial charge in [-0.25, -0.2) is 4.39 Å². The second kappa shape index (κ2) is 6.14. The first kappa shape index (κ1) is 14.2. The number of aliphatic carboxylic acids is 1. The van der Waals surface area contributed by atoms with Gasteiger partial charge in [0.2, 0.25) is 5.91 Å². The van der Waals surface area contributed by atoms with Crippen molar-refractivity contribution in [2.24, 2.45) is 5.92 Å². The molecule has 0 bridgehead atoms. The Kier molecular flexibility index (Phi) is 4.83. The lowest BCUT2D eigenvalue weighted by atomic mass is 10.00. The maximum atomic E-state index is 13.0. The van der Waals surface area contributed by atoms with Gasteiger partial charge in [0.1, 0.15) is 11.9 Å². The Morgan fingerprint density at radius 1 is 1.39 bits per heavy atom. The SMILES string of the molecule is C[C@@H](Cc1cccc(F)c1)C(=O)N[C@H](C)C(=O)O. The van der Waals surface area contributed by atoms with E-state index in [2.05, 4.69) is 5.32 Å². The van der Waals surface area contributed by atoms with Crippen LogP contribution in [0.25, 0.3) is 0 Å². The molecule has 0 aromatic heterocycles. The minimum Gasteiger partial charge on any atom is -0.480 e. The molecule has 18 heavy (non-hydrogen) atoms. The van der Waals surface area contributed by atoms with Gasteiger partial charge in [-0.1, -0.05) is 19.1 Å². The second-order valence-corrected chi connectivity index (χ2v) is 4.30. The van der Waals surface area contributed by atoms with Crippen molar-refractivity contribution in [3.05, 3.63) is 35.6 Å². The van der Waals surface area contributed by atoms with Crippen LogP contribution in [0.3, 0.4) is 0 Å². The molecule has 0 unspecified atom stereocenters. The molecule has 2 atom stereocenters. The highest BCUT2D eigenvalue weighted by molar-refractivity contribution is 5.84. The third-order valence-corrected chi connectivity index (χ3v) is 2.61. The fourth-order valence-electron chi connectivity index (χ4n) is 1.53. The summed E-state index contributed by atoms with van der Waals surface area (Å²) in [5.41, 5.74) is 0.709. The van der Waals surface area contributed by atoms with E-state index in [-0.39, 0.29) is 11.7 Å². The predicted octanol–water partition coefficient (Wildman–Crippen LogP) is 1.59. The van der Waals surface area contributed by atoms with Crippen molar-refractivity contribution in [1.82, 2.24) is 5.32 Å². The average Bonchev–Trinajstić information content (AvgIpc) is 2.28. The van der Waals surface area contributed by atoms with E-state index in [1.54, 1.807) is 19.1 Å². The fourth-order valence-corrected chi connectivity index (χ4v) is 1.53. The summed E-state index contributed by atoms with van der Waals surface area (Å²) in [6.45, 7) is 3.07. The van der Waals surface area contributed by atoms with Gasteiger partial charge in [-0.3, -0.25) is 9.59 Å². The van der Waals surface area contributed by atoms with Crippen LogP contribution in [0, 0.1) is 11.7 Å². The summed E-state index contributed by atoms with van der Waals surface area (Å²) in [6, 6.07) is 5.08. The molecule has 2 N–H and O–H groups in total. The molecule has 1 amide bonds. The third kappa shape index (κ3) is 4.16. The van der Waals surface area contributed by atoms with Gasteiger partial charge in [0.05, 0.1) is 0 Å². The molecule has 1 aromatic carbocycles. The molecule has 4 nitrogen and oxygen atoms in total. The van der Waals surface area contributed by atoms with E-state index in [4.69, 9.17) is 5.11 Å². The molecule has 0 heterocycles. The van der Waals surface area contributed by atoms with Crippen molar-refractivity contribution in [1.29, 1.82) is 0 Å². The van der Waals surface area contributed by atoms with Crippen molar-refractivity contribution in [3.63, 3.8) is 0 Å². The minimum atomic E-state index is -1.08. The molecule has 0 aliphatic rings. The first-order valence-corrected chi connectivity index (χ1v) is 5.67. The molecule has 98 valence electrons. The van der Waals surface area contributed by atoms with Crippen molar-refractivity contribution in [3.8, 4) is 0 Å². The highest BCUT2D eigenvalue weighted by Crippen LogP contribution is 2.10. The summed E-state index contributed by atoms with van der Waals surface area (Å²) in [7, 11) is 0. The molecular formula is C13H16FNO3. The molecule has 0 saturated heterocycles. The molecular weight excluding hydrogens is 237 g/mol. The van der Waals surface area contributed by atoms with E-state index in [0.717, 1.165) is 0 Å². The molecule has 0 fully saturated rings. The van der Waals surface area contributed by atoms with E-state index in [1.807, 2.05) is 0 Å². The Balaban J connectivity index is 2.57. The topological polar surface area (TPSA) is 66.4 Å². The van der Waals surface area contributed by atoms with Crippen LogP contribution >= 0.6 is 0 Å². The lowest BCUT2D eigenvalue weighted by molar-refractivity contribution is -0.141. The van der Waals surface area contributed by atoms with Crippen LogP contribution in [0.15, 0.2) is 24.3 Å². The standard InChI is InChI=1S/C13H16FNO3/c1-8(12(16)15-9(2)13(17)18)6-10-4-3-5-11(14)7-10/h3-5,7-9H,6H2,1-2H3,(H,15,16)(H,17,18)/t8-,9+/m0/s1. The molecule has 1 rings (SSSR count). The Labute approximate surface area is 105 Å². The summed E-state index contributed by atoms with van der Waals surface area (Å²) >= 11 is 0. The van der Waals surface area contributed by atoms with Crippen LogP contribution in [0.5, 0.6) is 0 Å². The molecule has 0 aliphatic heterocycles. The Hall–Kier alpha value is -1.91. The average molecular weight is 253 g/mol. The zero-order valence-corrected chi connectivity index (χ0v) is 10.3. The van der Waals surface area contributed by atoms with Crippen LogP contribution < -0.4 is 5.32 Å². The van der Waals surface area contributed by atoms with Crippen molar-refractivity contribution in [2.45, 2.75) is 26.3 Å². The molecule has 0 aliphatic carbocycles. The quantitative estimate of drug-likeness (QED) is 0.837. The number of hydrogen-bond acceptors (Lipinski definition) is 2. The van der Waals surface area contributed by atoms with E-state index < -0.39 is 17.9 Å². The van der Waals surface area contributed by atoms with E-state index in [0.29, 0.717) is 12.0 Å². The largest absolute Gasteiger partial charge is 0.480 e. The van der Waals surface area contributed by atoms with Gasteiger partial charge in [0.25, 0.3) is 0 Å². The number of carbonyl (C=O) groups is 2. The lowest BCUT2D eigenvalue weighted by Crippen LogP contribution is -2.41. The number of carbonyl (C=O) groups excluding carboxylic acids is 1. The maximum Gasteiger partial charge on any atom is 0.325 e. The smallest absolute Gasteiger partial charge is 0.325 e. The molecule has 0 spiro atoms. The van der Waals surface area contributed by atoms with Gasteiger partial charge in [-0.05, 0) is 31.0 Å². The van der Waals surface area contributed by atoms with Gasteiger partial charge in [0, 0.05) is 5.92 Å². The molecule has 0 radical (unpaired) electrons. The number of amides is 1. The summed E-state index contributed by atoms with van der Waals surface area (Å²) in [6.07, 6.45) is 0.371. The van der Waals surface area contributed by atoms with Crippen molar-refractivity contribution >= 4 is 11.9 Å². The van der Waals surface area contributed by atoms with Crippen LogP contribution in [-0.2, 0) is 16.0 Å². The zero-order chi connectivity index (χ0) is 13.7. The molecule has 1 aromatic rings. The van der Waals surface area contributed by atoms with Gasteiger partial charge in [0.15, 0.2) is 0 Å². The van der Waals surface area contributed by atoms with Gasteiger partial charge in [-0.15, -0.1) is 0 Å². The first-order chi connectivity index (χ1) is 8.40. The van der Waals surface area contributed by atoms with Gasteiger partial charge in [-0.2, -0.15) is 0 Å². The number of nitrogens with one attached hydrogen (secondary N) is 1. The minimum absolute atomic E-state index is 0.348. The summed E-state index contributed by atoms with van der Waals surface area (Å²) in [4.78, 5) is 22.3. The van der Waals surface area contributed by atoms with E-state index >= 15 is 0 Å². The number of benzene rings is 1. The van der Waals surface area contributed by atoms with E-state index in [1.165, 1.54) is 19.1 Å². The van der Waals surface area contributed by atoms with Crippen LogP contribution in [0.4, 0.5) is 4.39 Å². The maximum absolute atomic E-state index is 13.0. The van der Waals surface area contributed by atoms with Crippen LogP contribution in [0.1, 0.15) is 19.4 Å². The van der Waals surface area contributed by atoms with Crippen LogP contribution in [-0.4, -0.2) is 23.0 Å². The summed E-state index contributed by atoms with van der Waals surface area (Å²) in [5.74, 6) is -2.19. The summed E-state index contributed by atoms with van der Waals surface area (Å²) < 4.78 is 13.0. The molecule has 5 heteroatoms. The Morgan fingerprint density at radius 2 is 2.06 bits per heavy atom. The molecule has 0 saturated carbocycles. The van der Waals surface area contributed by atoms with Crippen LogP contribution in [0.2, 0.25) is 0 Å². The van der Waals surface area contributed by atoms with Gasteiger partial charge >= 0.3 is 5.97 Å². The highest BCUT2D eigenvalue weighted by atomic mass is 19.1. The first-order valence-electron chi connectivity index (χ1n) is 5.67. The van der Waals surface area contributed by atoms with Gasteiger partial charge < -0.3 is 10.4 Å². The second-order valence-electron chi connectivity index (χ2n) is 4.30. The third-order valence-electron chi connectivity index (χ3n) is 2.61. The number of carboxylic acid groups (broad SMARTS) is 1. The van der Waals surface area contributed by atoms with Crippen molar-refractivity contribution in [2.75, 3.05) is 0 Å². The number of halogens is 1. The summed E-state index contributed by atoms with van der Waals surface area (Å²) in [5, 5.41) is 11.1. The number of hydrogen-bond donors (Lipinski definition) is 2. The Morgan fingerprint density at radius 3 is 2.61 bits per heavy atom. The Bertz CT molecular complexity index is 448. The van der Waals surface area contributed by atoms with Crippen molar-refractivity contribution < 1.29 is 19.1 Å². The monoisotopic (exact) mass is 253 g/mol. The predicted molar refractivity (Wildman–Crippen MR) is 64.5 cm³/mol. The van der Waals surface area contributed by atoms with E-state index in [9.17, 15) is 14.0 Å². The normalized spacial score (nSPS) is 13.7.